The minimum Gasteiger partial charge on any atom is -0.480 e. The normalized spacial score (nSPS) is 12.9. The second kappa shape index (κ2) is 3.40. The van der Waals surface area contributed by atoms with Crippen LogP contribution in [0.4, 0.5) is 0 Å². The highest BCUT2D eigenvalue weighted by Crippen LogP contribution is 2.29. The first kappa shape index (κ1) is 9.18. The fourth-order valence-corrected chi connectivity index (χ4v) is 2.37. The Bertz CT molecular complexity index is 478. The molecule has 1 heterocycles. The van der Waals surface area contributed by atoms with Crippen molar-refractivity contribution in [2.45, 2.75) is 6.04 Å². The predicted octanol–water partition coefficient (Wildman–Crippen LogP) is 1.99. The minimum atomic E-state index is -0.992. The summed E-state index contributed by atoms with van der Waals surface area (Å²) in [6, 6.07) is 6.73. The summed E-state index contributed by atoms with van der Waals surface area (Å²) in [6.45, 7) is 0. The molecule has 0 radical (unpaired) electrons. The summed E-state index contributed by atoms with van der Waals surface area (Å²) in [4.78, 5) is 10.7. The van der Waals surface area contributed by atoms with Crippen LogP contribution in [-0.4, -0.2) is 11.1 Å². The van der Waals surface area contributed by atoms with Crippen molar-refractivity contribution in [3.8, 4) is 0 Å². The molecule has 1 aromatic carbocycles. The zero-order valence-electron chi connectivity index (χ0n) is 7.31. The number of fused-ring (bicyclic) bond motifs is 1. The van der Waals surface area contributed by atoms with Gasteiger partial charge in [0.25, 0.3) is 0 Å². The third-order valence-corrected chi connectivity index (χ3v) is 3.09. The lowest BCUT2D eigenvalue weighted by molar-refractivity contribution is -0.138. The number of rotatable bonds is 2. The molecule has 0 amide bonds. The van der Waals surface area contributed by atoms with Gasteiger partial charge in [-0.15, -0.1) is 11.3 Å². The number of thiophene rings is 1. The molecule has 0 aliphatic carbocycles. The number of carboxylic acids is 1. The number of benzene rings is 1. The van der Waals surface area contributed by atoms with E-state index in [1.807, 2.05) is 29.6 Å². The lowest BCUT2D eigenvalue weighted by atomic mass is 10.1. The summed E-state index contributed by atoms with van der Waals surface area (Å²) < 4.78 is 1.07. The fraction of sp³-hybridized carbons (Fsp3) is 0.100. The Morgan fingerprint density at radius 3 is 2.86 bits per heavy atom. The molecule has 0 aliphatic rings. The van der Waals surface area contributed by atoms with Crippen LogP contribution in [0.25, 0.3) is 10.1 Å². The first-order valence-corrected chi connectivity index (χ1v) is 5.02. The van der Waals surface area contributed by atoms with E-state index in [0.717, 1.165) is 10.1 Å². The summed E-state index contributed by atoms with van der Waals surface area (Å²) in [5.74, 6) is -0.992. The maximum Gasteiger partial charge on any atom is 0.325 e. The summed E-state index contributed by atoms with van der Waals surface area (Å²) in [5, 5.41) is 11.5. The average Bonchev–Trinajstić information content (AvgIpc) is 2.60. The first-order valence-electron chi connectivity index (χ1n) is 4.14. The molecule has 0 saturated carbocycles. The largest absolute Gasteiger partial charge is 0.480 e. The van der Waals surface area contributed by atoms with Crippen molar-refractivity contribution in [1.29, 1.82) is 0 Å². The van der Waals surface area contributed by atoms with Gasteiger partial charge in [0, 0.05) is 4.70 Å². The van der Waals surface area contributed by atoms with Crippen molar-refractivity contribution in [1.82, 2.24) is 0 Å². The average molecular weight is 207 g/mol. The molecule has 0 saturated heterocycles. The predicted molar refractivity (Wildman–Crippen MR) is 56.4 cm³/mol. The summed E-state index contributed by atoms with van der Waals surface area (Å²) in [7, 11) is 0. The lowest BCUT2D eigenvalue weighted by Crippen LogP contribution is -2.20. The van der Waals surface area contributed by atoms with Gasteiger partial charge in [0.15, 0.2) is 0 Å². The smallest absolute Gasteiger partial charge is 0.325 e. The number of aliphatic carboxylic acids is 1. The van der Waals surface area contributed by atoms with E-state index in [-0.39, 0.29) is 0 Å². The molecule has 14 heavy (non-hydrogen) atoms. The van der Waals surface area contributed by atoms with Gasteiger partial charge in [-0.25, -0.2) is 0 Å². The Kier molecular flexibility index (Phi) is 2.23. The molecule has 1 atom stereocenters. The van der Waals surface area contributed by atoms with E-state index in [4.69, 9.17) is 10.8 Å². The van der Waals surface area contributed by atoms with Gasteiger partial charge in [-0.3, -0.25) is 4.79 Å². The van der Waals surface area contributed by atoms with Gasteiger partial charge in [0.2, 0.25) is 0 Å². The quantitative estimate of drug-likeness (QED) is 0.791. The molecular formula is C10H9NO2S. The molecule has 72 valence electrons. The van der Waals surface area contributed by atoms with Crippen LogP contribution in [0.3, 0.4) is 0 Å². The molecule has 2 rings (SSSR count). The van der Waals surface area contributed by atoms with Crippen molar-refractivity contribution in [3.05, 3.63) is 35.2 Å². The van der Waals surface area contributed by atoms with Crippen LogP contribution in [-0.2, 0) is 4.79 Å². The van der Waals surface area contributed by atoms with Crippen LogP contribution in [0.2, 0.25) is 0 Å². The molecule has 4 heteroatoms. The van der Waals surface area contributed by atoms with Crippen LogP contribution in [0.15, 0.2) is 29.6 Å². The van der Waals surface area contributed by atoms with Gasteiger partial charge in [-0.2, -0.15) is 0 Å². The standard InChI is InChI=1S/C10H9NO2S/c11-9(10(12)13)7-5-14-8-4-2-1-3-6(7)8/h1-5,9H,11H2,(H,12,13). The Morgan fingerprint density at radius 1 is 1.43 bits per heavy atom. The third kappa shape index (κ3) is 1.38. The molecule has 2 aromatic rings. The summed E-state index contributed by atoms with van der Waals surface area (Å²) in [6.07, 6.45) is 0. The number of nitrogens with two attached hydrogens (primary N) is 1. The maximum absolute atomic E-state index is 10.7. The van der Waals surface area contributed by atoms with E-state index in [1.165, 1.54) is 11.3 Å². The summed E-state index contributed by atoms with van der Waals surface area (Å²) in [5.41, 5.74) is 6.25. The van der Waals surface area contributed by atoms with Gasteiger partial charge in [-0.05, 0) is 22.4 Å². The van der Waals surface area contributed by atoms with Crippen LogP contribution in [0, 0.1) is 0 Å². The van der Waals surface area contributed by atoms with Crippen molar-refractivity contribution < 1.29 is 9.90 Å². The highest BCUT2D eigenvalue weighted by Gasteiger charge is 2.17. The van der Waals surface area contributed by atoms with Crippen LogP contribution in [0.5, 0.6) is 0 Å². The van der Waals surface area contributed by atoms with E-state index in [9.17, 15) is 4.79 Å². The van der Waals surface area contributed by atoms with Gasteiger partial charge in [0.1, 0.15) is 6.04 Å². The molecule has 1 unspecified atom stereocenters. The van der Waals surface area contributed by atoms with E-state index in [2.05, 4.69) is 0 Å². The van der Waals surface area contributed by atoms with E-state index < -0.39 is 12.0 Å². The van der Waals surface area contributed by atoms with Gasteiger partial charge in [-0.1, -0.05) is 18.2 Å². The SMILES string of the molecule is NC(C(=O)O)c1csc2ccccc12. The van der Waals surface area contributed by atoms with Crippen molar-refractivity contribution in [2.75, 3.05) is 0 Å². The first-order chi connectivity index (χ1) is 6.70. The minimum absolute atomic E-state index is 0.693. The van der Waals surface area contributed by atoms with Crippen molar-refractivity contribution in [2.24, 2.45) is 5.73 Å². The van der Waals surface area contributed by atoms with Crippen molar-refractivity contribution >= 4 is 27.4 Å². The zero-order chi connectivity index (χ0) is 10.1. The summed E-state index contributed by atoms with van der Waals surface area (Å²) >= 11 is 1.52. The second-order valence-corrected chi connectivity index (χ2v) is 3.91. The van der Waals surface area contributed by atoms with E-state index in [0.29, 0.717) is 5.56 Å². The number of carboxylic acid groups (broad SMARTS) is 1. The van der Waals surface area contributed by atoms with Gasteiger partial charge in [0.05, 0.1) is 0 Å². The van der Waals surface area contributed by atoms with E-state index in [1.54, 1.807) is 0 Å². The van der Waals surface area contributed by atoms with Crippen LogP contribution >= 0.6 is 11.3 Å². The Morgan fingerprint density at radius 2 is 2.14 bits per heavy atom. The Balaban J connectivity index is 2.58. The highest BCUT2D eigenvalue weighted by atomic mass is 32.1. The zero-order valence-corrected chi connectivity index (χ0v) is 8.12. The molecule has 0 fully saturated rings. The highest BCUT2D eigenvalue weighted by molar-refractivity contribution is 7.17. The molecule has 0 aliphatic heterocycles. The number of hydrogen-bond donors (Lipinski definition) is 2. The van der Waals surface area contributed by atoms with Gasteiger partial charge < -0.3 is 10.8 Å². The molecule has 0 spiro atoms. The molecule has 0 bridgehead atoms. The molecular weight excluding hydrogens is 198 g/mol. The monoisotopic (exact) mass is 207 g/mol. The fourth-order valence-electron chi connectivity index (χ4n) is 1.37. The number of hydrogen-bond acceptors (Lipinski definition) is 3. The second-order valence-electron chi connectivity index (χ2n) is 3.00. The maximum atomic E-state index is 10.7. The molecule has 1 aromatic heterocycles. The van der Waals surface area contributed by atoms with Crippen LogP contribution in [0.1, 0.15) is 11.6 Å². The Hall–Kier alpha value is -1.39. The Labute approximate surface area is 84.8 Å². The van der Waals surface area contributed by atoms with Crippen LogP contribution < -0.4 is 5.73 Å². The lowest BCUT2D eigenvalue weighted by Gasteiger charge is -2.03. The third-order valence-electron chi connectivity index (χ3n) is 2.11. The molecule has 3 nitrogen and oxygen atoms in total. The topological polar surface area (TPSA) is 63.3 Å². The molecule has 3 N–H and O–H groups in total. The van der Waals surface area contributed by atoms with Gasteiger partial charge >= 0.3 is 5.97 Å². The van der Waals surface area contributed by atoms with Crippen molar-refractivity contribution in [3.63, 3.8) is 0 Å². The number of carbonyl (C=O) groups is 1. The van der Waals surface area contributed by atoms with E-state index >= 15 is 0 Å².